The molecule has 1 fully saturated rings. The molecular weight excluding hydrogens is 436 g/mol. The molecule has 0 spiro atoms. The zero-order valence-corrected chi connectivity index (χ0v) is 19.8. The Labute approximate surface area is 203 Å². The zero-order chi connectivity index (χ0) is 24.2. The third-order valence-corrected chi connectivity index (χ3v) is 7.25. The van der Waals surface area contributed by atoms with Crippen LogP contribution in [0.15, 0.2) is 86.5 Å². The number of hydrogen-bond acceptors (Lipinski definition) is 5. The van der Waals surface area contributed by atoms with Gasteiger partial charge in [-0.05, 0) is 50.3 Å². The summed E-state index contributed by atoms with van der Waals surface area (Å²) in [4.78, 5) is 14.0. The first kappa shape index (κ1) is 21.6. The summed E-state index contributed by atoms with van der Waals surface area (Å²) in [7, 11) is 0. The average Bonchev–Trinajstić information content (AvgIpc) is 3.20. The fraction of sp³-hybridized carbons (Fsp3) is 0.200. The van der Waals surface area contributed by atoms with E-state index in [-0.39, 0.29) is 11.0 Å². The largest absolute Gasteiger partial charge is 0.454 e. The topological polar surface area (TPSA) is 82.3 Å². The second kappa shape index (κ2) is 8.07. The van der Waals surface area contributed by atoms with Crippen LogP contribution in [0.4, 0.5) is 0 Å². The zero-order valence-electron chi connectivity index (χ0n) is 19.8. The first-order valence-corrected chi connectivity index (χ1v) is 11.9. The lowest BCUT2D eigenvalue weighted by atomic mass is 9.72. The number of fused-ring (bicyclic) bond motifs is 1. The number of nitrogens with zero attached hydrogens (tertiary/aromatic N) is 1. The molecule has 5 heteroatoms. The lowest BCUT2D eigenvalue weighted by Gasteiger charge is -2.38. The number of benzene rings is 3. The second-order valence-electron chi connectivity index (χ2n) is 9.47. The highest BCUT2D eigenvalue weighted by molar-refractivity contribution is 5.97. The summed E-state index contributed by atoms with van der Waals surface area (Å²) in [5.74, 6) is 1.23. The Hall–Kier alpha value is -3.96. The number of aryl methyl sites for hydroxylation is 2. The van der Waals surface area contributed by atoms with Crippen LogP contribution in [-0.2, 0) is 5.54 Å². The van der Waals surface area contributed by atoms with Gasteiger partial charge < -0.3 is 14.7 Å². The summed E-state index contributed by atoms with van der Waals surface area (Å²) in [5.41, 5.74) is 12.5. The van der Waals surface area contributed by atoms with Gasteiger partial charge >= 0.3 is 0 Å². The Kier molecular flexibility index (Phi) is 4.97. The summed E-state index contributed by atoms with van der Waals surface area (Å²) in [6, 6.07) is 23.5. The highest BCUT2D eigenvalue weighted by atomic mass is 16.5. The van der Waals surface area contributed by atoms with Crippen molar-refractivity contribution in [2.75, 3.05) is 0 Å². The van der Waals surface area contributed by atoms with Gasteiger partial charge in [-0.25, -0.2) is 0 Å². The Morgan fingerprint density at radius 2 is 1.60 bits per heavy atom. The van der Waals surface area contributed by atoms with Crippen molar-refractivity contribution in [2.24, 2.45) is 5.73 Å². The van der Waals surface area contributed by atoms with E-state index in [0.717, 1.165) is 52.8 Å². The number of para-hydroxylation sites is 1. The normalized spacial score (nSPS) is 14.7. The van der Waals surface area contributed by atoms with E-state index in [1.54, 1.807) is 0 Å². The van der Waals surface area contributed by atoms with Crippen molar-refractivity contribution in [3.8, 4) is 33.6 Å². The van der Waals surface area contributed by atoms with Gasteiger partial charge in [-0.2, -0.15) is 0 Å². The van der Waals surface area contributed by atoms with Crippen LogP contribution < -0.4 is 11.2 Å². The SMILES string of the molecule is Cc1noc(C)c1-c1cccc2c(=O)c(-c3ccc(C4(N)CCC4)cc3)c(-c3ccccc3)oc12. The predicted octanol–water partition coefficient (Wildman–Crippen LogP) is 6.74. The quantitative estimate of drug-likeness (QED) is 0.320. The highest BCUT2D eigenvalue weighted by Gasteiger charge is 2.34. The van der Waals surface area contributed by atoms with E-state index in [0.29, 0.717) is 28.1 Å². The molecule has 0 bridgehead atoms. The molecule has 2 heterocycles. The number of nitrogens with two attached hydrogens (primary N) is 1. The van der Waals surface area contributed by atoms with Crippen LogP contribution >= 0.6 is 0 Å². The van der Waals surface area contributed by atoms with Crippen molar-refractivity contribution >= 4 is 11.0 Å². The maximum absolute atomic E-state index is 14.0. The van der Waals surface area contributed by atoms with Gasteiger partial charge in [0.25, 0.3) is 0 Å². The fourth-order valence-corrected chi connectivity index (χ4v) is 5.15. The molecule has 1 aliphatic rings. The average molecular weight is 463 g/mol. The standard InChI is InChI=1S/C30H26N2O3/c1-18-25(19(2)35-32-18)23-10-6-11-24-27(33)26(28(34-29(23)24)21-8-4-3-5-9-21)20-12-14-22(15-13-20)30(31)16-7-17-30/h3-6,8-15H,7,16-17,31H2,1-2H3. The van der Waals surface area contributed by atoms with Crippen molar-refractivity contribution in [3.05, 3.63) is 100 Å². The third-order valence-electron chi connectivity index (χ3n) is 7.25. The van der Waals surface area contributed by atoms with Crippen LogP contribution in [-0.4, -0.2) is 5.16 Å². The summed E-state index contributed by atoms with van der Waals surface area (Å²) >= 11 is 0. The Balaban J connectivity index is 1.63. The van der Waals surface area contributed by atoms with Crippen molar-refractivity contribution < 1.29 is 8.94 Å². The van der Waals surface area contributed by atoms with Crippen molar-refractivity contribution in [3.63, 3.8) is 0 Å². The van der Waals surface area contributed by atoms with Gasteiger partial charge in [0, 0.05) is 16.7 Å². The van der Waals surface area contributed by atoms with Crippen LogP contribution in [0.25, 0.3) is 44.5 Å². The number of aromatic nitrogens is 1. The smallest absolute Gasteiger partial charge is 0.201 e. The monoisotopic (exact) mass is 462 g/mol. The first-order chi connectivity index (χ1) is 17.0. The van der Waals surface area contributed by atoms with E-state index >= 15 is 0 Å². The van der Waals surface area contributed by atoms with E-state index in [4.69, 9.17) is 14.7 Å². The van der Waals surface area contributed by atoms with Gasteiger partial charge in [0.1, 0.15) is 17.1 Å². The lowest BCUT2D eigenvalue weighted by Crippen LogP contribution is -2.43. The van der Waals surface area contributed by atoms with Crippen LogP contribution in [0, 0.1) is 13.8 Å². The van der Waals surface area contributed by atoms with E-state index in [2.05, 4.69) is 5.16 Å². The van der Waals surface area contributed by atoms with Crippen LogP contribution in [0.5, 0.6) is 0 Å². The van der Waals surface area contributed by atoms with Crippen molar-refractivity contribution in [1.82, 2.24) is 5.16 Å². The van der Waals surface area contributed by atoms with Gasteiger partial charge in [-0.15, -0.1) is 0 Å². The molecule has 0 atom stereocenters. The Morgan fingerprint density at radius 1 is 0.857 bits per heavy atom. The minimum Gasteiger partial charge on any atom is -0.454 e. The second-order valence-corrected chi connectivity index (χ2v) is 9.47. The molecule has 35 heavy (non-hydrogen) atoms. The fourth-order valence-electron chi connectivity index (χ4n) is 5.15. The first-order valence-electron chi connectivity index (χ1n) is 11.9. The Morgan fingerprint density at radius 3 is 2.23 bits per heavy atom. The lowest BCUT2D eigenvalue weighted by molar-refractivity contribution is 0.253. The molecule has 0 unspecified atom stereocenters. The molecule has 5 nitrogen and oxygen atoms in total. The molecule has 1 aliphatic carbocycles. The minimum absolute atomic E-state index is 0.0717. The molecule has 2 aromatic heterocycles. The van der Waals surface area contributed by atoms with Crippen molar-refractivity contribution in [2.45, 2.75) is 38.6 Å². The summed E-state index contributed by atoms with van der Waals surface area (Å²) in [6.07, 6.45) is 3.13. The van der Waals surface area contributed by atoms with Crippen LogP contribution in [0.1, 0.15) is 36.3 Å². The molecule has 0 amide bonds. The summed E-state index contributed by atoms with van der Waals surface area (Å²) < 4.78 is 12.0. The van der Waals surface area contributed by atoms with E-state index in [9.17, 15) is 4.79 Å². The number of rotatable bonds is 4. The summed E-state index contributed by atoms with van der Waals surface area (Å²) in [6.45, 7) is 3.76. The molecule has 3 aromatic carbocycles. The maximum Gasteiger partial charge on any atom is 0.201 e. The Bertz CT molecular complexity index is 1590. The van der Waals surface area contributed by atoms with Gasteiger partial charge in [0.15, 0.2) is 0 Å². The summed E-state index contributed by atoms with van der Waals surface area (Å²) in [5, 5.41) is 4.63. The van der Waals surface area contributed by atoms with Gasteiger partial charge in [0.05, 0.1) is 22.2 Å². The maximum atomic E-state index is 14.0. The minimum atomic E-state index is -0.252. The molecule has 0 radical (unpaired) electrons. The molecule has 0 aliphatic heterocycles. The number of hydrogen-bond donors (Lipinski definition) is 1. The molecule has 2 N–H and O–H groups in total. The van der Waals surface area contributed by atoms with E-state index in [1.165, 1.54) is 0 Å². The molecule has 5 aromatic rings. The van der Waals surface area contributed by atoms with E-state index < -0.39 is 0 Å². The molecule has 0 saturated heterocycles. The van der Waals surface area contributed by atoms with Gasteiger partial charge in [0.2, 0.25) is 5.43 Å². The predicted molar refractivity (Wildman–Crippen MR) is 138 cm³/mol. The van der Waals surface area contributed by atoms with E-state index in [1.807, 2.05) is 86.6 Å². The van der Waals surface area contributed by atoms with Crippen LogP contribution in [0.3, 0.4) is 0 Å². The van der Waals surface area contributed by atoms with Gasteiger partial charge in [-0.3, -0.25) is 4.79 Å². The highest BCUT2D eigenvalue weighted by Crippen LogP contribution is 2.41. The molecular formula is C30H26N2O3. The van der Waals surface area contributed by atoms with Crippen molar-refractivity contribution in [1.29, 1.82) is 0 Å². The molecule has 6 rings (SSSR count). The molecule has 1 saturated carbocycles. The third kappa shape index (κ3) is 3.43. The molecule has 174 valence electrons. The van der Waals surface area contributed by atoms with Gasteiger partial charge in [-0.1, -0.05) is 71.9 Å². The van der Waals surface area contributed by atoms with Crippen LogP contribution in [0.2, 0.25) is 0 Å².